The van der Waals surface area contributed by atoms with Gasteiger partial charge in [-0.2, -0.15) is 0 Å². The molecule has 94 valence electrons. The van der Waals surface area contributed by atoms with Gasteiger partial charge < -0.3 is 9.53 Å². The van der Waals surface area contributed by atoms with Crippen LogP contribution in [0, 0.1) is 0 Å². The standard InChI is InChI=1S/C15H15ClO2/c1-10(5-6-17)14-8-12-7-13(16)4-3-11(12)9-15(14)18-2/h3-4,6-10H,5H2,1-2H3. The first-order valence-electron chi connectivity index (χ1n) is 5.86. The van der Waals surface area contributed by atoms with Gasteiger partial charge in [-0.3, -0.25) is 0 Å². The largest absolute Gasteiger partial charge is 0.496 e. The van der Waals surface area contributed by atoms with E-state index in [9.17, 15) is 4.79 Å². The highest BCUT2D eigenvalue weighted by Gasteiger charge is 2.12. The maximum atomic E-state index is 10.6. The summed E-state index contributed by atoms with van der Waals surface area (Å²) >= 11 is 6.00. The van der Waals surface area contributed by atoms with Gasteiger partial charge in [0, 0.05) is 11.4 Å². The van der Waals surface area contributed by atoms with E-state index in [1.165, 1.54) is 0 Å². The molecule has 3 heteroatoms. The summed E-state index contributed by atoms with van der Waals surface area (Å²) in [4.78, 5) is 10.6. The first-order chi connectivity index (χ1) is 8.65. The SMILES string of the molecule is COc1cc2ccc(Cl)cc2cc1C(C)CC=O. The zero-order valence-corrected chi connectivity index (χ0v) is 11.2. The van der Waals surface area contributed by atoms with E-state index in [4.69, 9.17) is 16.3 Å². The molecule has 1 unspecified atom stereocenters. The second-order valence-electron chi connectivity index (χ2n) is 4.39. The van der Waals surface area contributed by atoms with Crippen molar-refractivity contribution in [3.63, 3.8) is 0 Å². The molecule has 0 N–H and O–H groups in total. The minimum Gasteiger partial charge on any atom is -0.496 e. The van der Waals surface area contributed by atoms with Gasteiger partial charge in [0.05, 0.1) is 7.11 Å². The van der Waals surface area contributed by atoms with Crippen molar-refractivity contribution >= 4 is 28.7 Å². The predicted octanol–water partition coefficient (Wildman–Crippen LogP) is 4.19. The Bertz CT molecular complexity index is 578. The predicted molar refractivity (Wildman–Crippen MR) is 74.6 cm³/mol. The lowest BCUT2D eigenvalue weighted by Crippen LogP contribution is -1.98. The summed E-state index contributed by atoms with van der Waals surface area (Å²) in [7, 11) is 1.65. The van der Waals surface area contributed by atoms with Crippen LogP contribution in [0.1, 0.15) is 24.8 Å². The molecule has 0 saturated heterocycles. The monoisotopic (exact) mass is 262 g/mol. The summed E-state index contributed by atoms with van der Waals surface area (Å²) in [5.41, 5.74) is 1.04. The number of hydrogen-bond acceptors (Lipinski definition) is 2. The molecule has 0 fully saturated rings. The van der Waals surface area contributed by atoms with E-state index in [-0.39, 0.29) is 5.92 Å². The lowest BCUT2D eigenvalue weighted by molar-refractivity contribution is -0.108. The van der Waals surface area contributed by atoms with Crippen LogP contribution >= 0.6 is 11.6 Å². The van der Waals surface area contributed by atoms with Crippen LogP contribution in [0.15, 0.2) is 30.3 Å². The quantitative estimate of drug-likeness (QED) is 0.772. The molecule has 0 aliphatic rings. The second-order valence-corrected chi connectivity index (χ2v) is 4.83. The number of fused-ring (bicyclic) bond motifs is 1. The number of aldehydes is 1. The molecule has 2 aromatic carbocycles. The lowest BCUT2D eigenvalue weighted by atomic mass is 9.94. The van der Waals surface area contributed by atoms with Gasteiger partial charge in [-0.1, -0.05) is 24.6 Å². The Kier molecular flexibility index (Phi) is 3.87. The van der Waals surface area contributed by atoms with Gasteiger partial charge in [-0.25, -0.2) is 0 Å². The number of benzene rings is 2. The molecule has 0 heterocycles. The molecule has 0 aliphatic carbocycles. The van der Waals surface area contributed by atoms with Gasteiger partial charge in [0.1, 0.15) is 12.0 Å². The van der Waals surface area contributed by atoms with E-state index in [1.54, 1.807) is 7.11 Å². The molecule has 2 rings (SSSR count). The molecule has 1 atom stereocenters. The number of carbonyl (C=O) groups excluding carboxylic acids is 1. The van der Waals surface area contributed by atoms with Crippen LogP contribution in [0.2, 0.25) is 5.02 Å². The fourth-order valence-electron chi connectivity index (χ4n) is 2.10. The minimum absolute atomic E-state index is 0.140. The maximum Gasteiger partial charge on any atom is 0.122 e. The first-order valence-corrected chi connectivity index (χ1v) is 6.24. The second kappa shape index (κ2) is 5.40. The third-order valence-corrected chi connectivity index (χ3v) is 3.37. The Morgan fingerprint density at radius 3 is 2.72 bits per heavy atom. The molecule has 0 saturated carbocycles. The van der Waals surface area contributed by atoms with Crippen LogP contribution in [0.25, 0.3) is 10.8 Å². The summed E-state index contributed by atoms with van der Waals surface area (Å²) in [6, 6.07) is 9.79. The molecule has 0 radical (unpaired) electrons. The van der Waals surface area contributed by atoms with E-state index in [0.717, 1.165) is 28.4 Å². The van der Waals surface area contributed by atoms with E-state index in [2.05, 4.69) is 0 Å². The molecule has 0 spiro atoms. The van der Waals surface area contributed by atoms with E-state index < -0.39 is 0 Å². The van der Waals surface area contributed by atoms with Gasteiger partial charge >= 0.3 is 0 Å². The van der Waals surface area contributed by atoms with Crippen LogP contribution in [0.5, 0.6) is 5.75 Å². The van der Waals surface area contributed by atoms with Crippen molar-refractivity contribution in [2.45, 2.75) is 19.3 Å². The zero-order chi connectivity index (χ0) is 13.1. The molecule has 0 bridgehead atoms. The van der Waals surface area contributed by atoms with Crippen LogP contribution < -0.4 is 4.74 Å². The van der Waals surface area contributed by atoms with Gasteiger partial charge in [0.25, 0.3) is 0 Å². The number of hydrogen-bond donors (Lipinski definition) is 0. The third-order valence-electron chi connectivity index (χ3n) is 3.13. The zero-order valence-electron chi connectivity index (χ0n) is 10.4. The van der Waals surface area contributed by atoms with Crippen molar-refractivity contribution < 1.29 is 9.53 Å². The van der Waals surface area contributed by atoms with Gasteiger partial charge in [0.15, 0.2) is 0 Å². The van der Waals surface area contributed by atoms with E-state index in [0.29, 0.717) is 11.4 Å². The fraction of sp³-hybridized carbons (Fsp3) is 0.267. The Morgan fingerprint density at radius 1 is 1.28 bits per heavy atom. The average molecular weight is 263 g/mol. The molecule has 0 aromatic heterocycles. The average Bonchev–Trinajstić information content (AvgIpc) is 2.37. The third kappa shape index (κ3) is 2.49. The topological polar surface area (TPSA) is 26.3 Å². The molecule has 0 aliphatic heterocycles. The van der Waals surface area contributed by atoms with Crippen molar-refractivity contribution in [3.8, 4) is 5.75 Å². The summed E-state index contributed by atoms with van der Waals surface area (Å²) in [5, 5.41) is 2.86. The van der Waals surface area contributed by atoms with Gasteiger partial charge in [0.2, 0.25) is 0 Å². The highest BCUT2D eigenvalue weighted by molar-refractivity contribution is 6.31. The molecular weight excluding hydrogens is 248 g/mol. The van der Waals surface area contributed by atoms with Crippen molar-refractivity contribution in [1.82, 2.24) is 0 Å². The Labute approximate surface area is 112 Å². The molecular formula is C15H15ClO2. The lowest BCUT2D eigenvalue weighted by Gasteiger charge is -2.15. The van der Waals surface area contributed by atoms with Crippen molar-refractivity contribution in [1.29, 1.82) is 0 Å². The van der Waals surface area contributed by atoms with Crippen LogP contribution in [0.4, 0.5) is 0 Å². The van der Waals surface area contributed by atoms with Crippen LogP contribution in [-0.4, -0.2) is 13.4 Å². The number of methoxy groups -OCH3 is 1. The van der Waals surface area contributed by atoms with Crippen LogP contribution in [0.3, 0.4) is 0 Å². The molecule has 2 aromatic rings. The summed E-state index contributed by atoms with van der Waals surface area (Å²) in [5.74, 6) is 0.958. The highest BCUT2D eigenvalue weighted by Crippen LogP contribution is 2.33. The van der Waals surface area contributed by atoms with Crippen LogP contribution in [-0.2, 0) is 4.79 Å². The van der Waals surface area contributed by atoms with E-state index >= 15 is 0 Å². The van der Waals surface area contributed by atoms with Crippen molar-refractivity contribution in [3.05, 3.63) is 40.9 Å². The minimum atomic E-state index is 0.140. The number of rotatable bonds is 4. The van der Waals surface area contributed by atoms with Gasteiger partial charge in [-0.05, 0) is 46.5 Å². The van der Waals surface area contributed by atoms with Crippen molar-refractivity contribution in [2.75, 3.05) is 7.11 Å². The summed E-state index contributed by atoms with van der Waals surface area (Å²) < 4.78 is 5.40. The first kappa shape index (κ1) is 12.9. The smallest absolute Gasteiger partial charge is 0.122 e. The van der Waals surface area contributed by atoms with Gasteiger partial charge in [-0.15, -0.1) is 0 Å². The highest BCUT2D eigenvalue weighted by atomic mass is 35.5. The normalized spacial score (nSPS) is 12.4. The summed E-state index contributed by atoms with van der Waals surface area (Å²) in [6.45, 7) is 2.02. The summed E-state index contributed by atoms with van der Waals surface area (Å²) in [6.07, 6.45) is 1.43. The molecule has 18 heavy (non-hydrogen) atoms. The number of carbonyl (C=O) groups is 1. The fourth-order valence-corrected chi connectivity index (χ4v) is 2.28. The Balaban J connectivity index is 2.59. The maximum absolute atomic E-state index is 10.6. The number of ether oxygens (including phenoxy) is 1. The van der Waals surface area contributed by atoms with E-state index in [1.807, 2.05) is 37.3 Å². The molecule has 2 nitrogen and oxygen atoms in total. The Morgan fingerprint density at radius 2 is 2.06 bits per heavy atom. The number of halogens is 1. The Hall–Kier alpha value is -1.54. The molecule has 0 amide bonds. The van der Waals surface area contributed by atoms with Crippen molar-refractivity contribution in [2.24, 2.45) is 0 Å².